The van der Waals surface area contributed by atoms with E-state index in [0.717, 1.165) is 26.7 Å². The van der Waals surface area contributed by atoms with Crippen molar-refractivity contribution in [3.63, 3.8) is 0 Å². The number of carbonyl (C=O) groups is 1. The van der Waals surface area contributed by atoms with Gasteiger partial charge < -0.3 is 0 Å². The Morgan fingerprint density at radius 3 is 2.36 bits per heavy atom. The first-order chi connectivity index (χ1) is 12.0. The summed E-state index contributed by atoms with van der Waals surface area (Å²) in [6, 6.07) is 18.4. The number of nitrogens with zero attached hydrogens (tertiary/aromatic N) is 2. The summed E-state index contributed by atoms with van der Waals surface area (Å²) in [5.74, 6) is -0.0664. The molecule has 3 rings (SSSR count). The van der Waals surface area contributed by atoms with Crippen LogP contribution in [0.2, 0.25) is 0 Å². The summed E-state index contributed by atoms with van der Waals surface area (Å²) >= 11 is 1.63. The van der Waals surface area contributed by atoms with E-state index < -0.39 is 0 Å². The number of aromatic nitrogens is 1. The molecule has 0 aliphatic rings. The van der Waals surface area contributed by atoms with Crippen LogP contribution >= 0.6 is 11.3 Å². The van der Waals surface area contributed by atoms with E-state index in [9.17, 15) is 4.79 Å². The second-order valence-electron chi connectivity index (χ2n) is 6.13. The average molecular weight is 351 g/mol. The smallest absolute Gasteiger partial charge is 0.240 e. The maximum atomic E-state index is 12.2. The Morgan fingerprint density at radius 2 is 1.72 bits per heavy atom. The van der Waals surface area contributed by atoms with Crippen molar-refractivity contribution in [2.45, 2.75) is 13.3 Å². The molecule has 4 nitrogen and oxygen atoms in total. The van der Waals surface area contributed by atoms with E-state index in [0.29, 0.717) is 0 Å². The Hall–Kier alpha value is -2.50. The minimum absolute atomic E-state index is 0.0664. The fourth-order valence-corrected chi connectivity index (χ4v) is 3.64. The van der Waals surface area contributed by atoms with Crippen molar-refractivity contribution in [3.8, 4) is 21.0 Å². The van der Waals surface area contributed by atoms with Crippen molar-refractivity contribution < 1.29 is 4.79 Å². The minimum Gasteiger partial charge on any atom is -0.289 e. The van der Waals surface area contributed by atoms with E-state index in [1.54, 1.807) is 30.4 Å². The molecule has 0 saturated carbocycles. The third-order valence-electron chi connectivity index (χ3n) is 3.71. The number of nitrogens with one attached hydrogen (secondary N) is 1. The van der Waals surface area contributed by atoms with Gasteiger partial charge in [0.05, 0.1) is 17.0 Å². The largest absolute Gasteiger partial charge is 0.289 e. The third-order valence-corrected chi connectivity index (χ3v) is 4.90. The number of benzene rings is 2. The first-order valence-electron chi connectivity index (χ1n) is 8.12. The van der Waals surface area contributed by atoms with Gasteiger partial charge in [-0.25, -0.2) is 9.99 Å². The Kier molecular flexibility index (Phi) is 5.26. The summed E-state index contributed by atoms with van der Waals surface area (Å²) in [6.45, 7) is 2.07. The van der Waals surface area contributed by atoms with Gasteiger partial charge in [0.15, 0.2) is 0 Å². The molecule has 0 saturated heterocycles. The van der Waals surface area contributed by atoms with Gasteiger partial charge in [0.1, 0.15) is 5.01 Å². The van der Waals surface area contributed by atoms with Gasteiger partial charge in [0, 0.05) is 19.7 Å². The van der Waals surface area contributed by atoms with Gasteiger partial charge in [0.2, 0.25) is 5.91 Å². The molecule has 1 amide bonds. The molecule has 3 aromatic rings. The second-order valence-corrected chi connectivity index (χ2v) is 7.13. The normalized spacial score (nSPS) is 10.9. The van der Waals surface area contributed by atoms with Crippen molar-refractivity contribution in [2.75, 3.05) is 14.1 Å². The summed E-state index contributed by atoms with van der Waals surface area (Å²) in [5.41, 5.74) is 6.98. The van der Waals surface area contributed by atoms with Crippen LogP contribution in [0.3, 0.4) is 0 Å². The molecule has 0 aliphatic carbocycles. The van der Waals surface area contributed by atoms with Gasteiger partial charge in [-0.15, -0.1) is 11.3 Å². The van der Waals surface area contributed by atoms with E-state index in [1.165, 1.54) is 5.56 Å². The van der Waals surface area contributed by atoms with Crippen LogP contribution in [0.15, 0.2) is 54.6 Å². The topological polar surface area (TPSA) is 45.2 Å². The molecule has 2 aromatic carbocycles. The van der Waals surface area contributed by atoms with E-state index >= 15 is 0 Å². The van der Waals surface area contributed by atoms with Gasteiger partial charge in [-0.3, -0.25) is 10.2 Å². The standard InChI is InChI=1S/C20H21N3OS/c1-14-9-11-15(12-10-14)19-17(13-18(24)22-23(2)3)21-20(25-19)16-7-5-4-6-8-16/h4-12H,13H2,1-3H3,(H,22,24). The van der Waals surface area contributed by atoms with Gasteiger partial charge in [-0.2, -0.15) is 0 Å². The zero-order valence-electron chi connectivity index (χ0n) is 14.6. The zero-order valence-corrected chi connectivity index (χ0v) is 15.4. The molecule has 0 radical (unpaired) electrons. The number of hydrogen-bond donors (Lipinski definition) is 1. The van der Waals surface area contributed by atoms with Crippen LogP contribution in [-0.4, -0.2) is 30.0 Å². The molecule has 5 heteroatoms. The van der Waals surface area contributed by atoms with E-state index in [2.05, 4.69) is 36.6 Å². The molecule has 1 heterocycles. The van der Waals surface area contributed by atoms with E-state index in [4.69, 9.17) is 4.98 Å². The Balaban J connectivity index is 2.00. The van der Waals surface area contributed by atoms with Crippen LogP contribution < -0.4 is 5.43 Å². The molecule has 0 bridgehead atoms. The van der Waals surface area contributed by atoms with Crippen molar-refractivity contribution >= 4 is 17.2 Å². The first-order valence-corrected chi connectivity index (χ1v) is 8.93. The monoisotopic (exact) mass is 351 g/mol. The van der Waals surface area contributed by atoms with Gasteiger partial charge in [-0.05, 0) is 12.5 Å². The fraction of sp³-hybridized carbons (Fsp3) is 0.200. The van der Waals surface area contributed by atoms with Crippen molar-refractivity contribution in [1.82, 2.24) is 15.4 Å². The minimum atomic E-state index is -0.0664. The van der Waals surface area contributed by atoms with Crippen LogP contribution in [0.4, 0.5) is 0 Å². The molecule has 0 spiro atoms. The summed E-state index contributed by atoms with van der Waals surface area (Å²) < 4.78 is 0. The number of thiazole rings is 1. The molecular formula is C20H21N3OS. The molecule has 0 fully saturated rings. The van der Waals surface area contributed by atoms with Crippen molar-refractivity contribution in [3.05, 3.63) is 65.9 Å². The van der Waals surface area contributed by atoms with Crippen LogP contribution in [0.25, 0.3) is 21.0 Å². The van der Waals surface area contributed by atoms with Gasteiger partial charge in [0.25, 0.3) is 0 Å². The molecule has 1 aromatic heterocycles. The van der Waals surface area contributed by atoms with Crippen molar-refractivity contribution in [1.29, 1.82) is 0 Å². The number of aryl methyl sites for hydroxylation is 1. The predicted octanol–water partition coefficient (Wildman–Crippen LogP) is 3.92. The summed E-state index contributed by atoms with van der Waals surface area (Å²) in [5, 5.41) is 2.59. The highest BCUT2D eigenvalue weighted by molar-refractivity contribution is 7.18. The SMILES string of the molecule is Cc1ccc(-c2sc(-c3ccccc3)nc2CC(=O)NN(C)C)cc1. The Morgan fingerprint density at radius 1 is 1.04 bits per heavy atom. The number of rotatable bonds is 5. The lowest BCUT2D eigenvalue weighted by atomic mass is 10.1. The highest BCUT2D eigenvalue weighted by Crippen LogP contribution is 2.35. The number of hydrazine groups is 1. The van der Waals surface area contributed by atoms with E-state index in [1.807, 2.05) is 30.3 Å². The van der Waals surface area contributed by atoms with Crippen LogP contribution in [0, 0.1) is 6.92 Å². The third kappa shape index (κ3) is 4.32. The highest BCUT2D eigenvalue weighted by Gasteiger charge is 2.17. The van der Waals surface area contributed by atoms with Crippen LogP contribution in [0.5, 0.6) is 0 Å². The van der Waals surface area contributed by atoms with Crippen LogP contribution in [-0.2, 0) is 11.2 Å². The number of amides is 1. The van der Waals surface area contributed by atoms with E-state index in [-0.39, 0.29) is 12.3 Å². The summed E-state index contributed by atoms with van der Waals surface area (Å²) in [6.07, 6.45) is 0.255. The lowest BCUT2D eigenvalue weighted by Crippen LogP contribution is -2.37. The summed E-state index contributed by atoms with van der Waals surface area (Å²) in [7, 11) is 3.60. The maximum absolute atomic E-state index is 12.2. The van der Waals surface area contributed by atoms with Gasteiger partial charge >= 0.3 is 0 Å². The fourth-order valence-electron chi connectivity index (χ4n) is 2.55. The quantitative estimate of drug-likeness (QED) is 0.709. The zero-order chi connectivity index (χ0) is 17.8. The lowest BCUT2D eigenvalue weighted by Gasteiger charge is -2.11. The second kappa shape index (κ2) is 7.59. The van der Waals surface area contributed by atoms with Gasteiger partial charge in [-0.1, -0.05) is 60.2 Å². The summed E-state index contributed by atoms with van der Waals surface area (Å²) in [4.78, 5) is 18.0. The first kappa shape index (κ1) is 17.3. The molecule has 1 N–H and O–H groups in total. The highest BCUT2D eigenvalue weighted by atomic mass is 32.1. The number of hydrogen-bond acceptors (Lipinski definition) is 4. The molecular weight excluding hydrogens is 330 g/mol. The van der Waals surface area contributed by atoms with Crippen molar-refractivity contribution in [2.24, 2.45) is 0 Å². The number of carbonyl (C=O) groups excluding carboxylic acids is 1. The molecule has 0 atom stereocenters. The maximum Gasteiger partial charge on any atom is 0.240 e. The Bertz CT molecular complexity index is 854. The molecule has 128 valence electrons. The Labute approximate surface area is 152 Å². The van der Waals surface area contributed by atoms with Crippen LogP contribution in [0.1, 0.15) is 11.3 Å². The predicted molar refractivity (Wildman–Crippen MR) is 103 cm³/mol. The average Bonchev–Trinajstić information content (AvgIpc) is 2.99. The molecule has 0 aliphatic heterocycles. The molecule has 0 unspecified atom stereocenters. The lowest BCUT2D eigenvalue weighted by molar-refractivity contribution is -0.124. The molecule has 25 heavy (non-hydrogen) atoms.